The number of pyridine rings is 1. The van der Waals surface area contributed by atoms with Crippen LogP contribution in [0.5, 0.6) is 5.88 Å². The molecule has 110 valence electrons. The zero-order chi connectivity index (χ0) is 15.1. The van der Waals surface area contributed by atoms with Crippen LogP contribution in [0, 0.1) is 11.3 Å². The summed E-state index contributed by atoms with van der Waals surface area (Å²) in [6, 6.07) is 11.6. The second kappa shape index (κ2) is 7.64. The average Bonchev–Trinajstić information content (AvgIpc) is 2.50. The third-order valence-corrected chi connectivity index (χ3v) is 3.60. The molecule has 0 fully saturated rings. The topological polar surface area (TPSA) is 45.9 Å². The summed E-state index contributed by atoms with van der Waals surface area (Å²) in [5.74, 6) is 0.549. The number of nitrogens with zero attached hydrogens (tertiary/aromatic N) is 2. The van der Waals surface area contributed by atoms with Crippen molar-refractivity contribution in [1.29, 1.82) is 5.26 Å². The molecule has 0 bridgehead atoms. The van der Waals surface area contributed by atoms with Gasteiger partial charge in [0.2, 0.25) is 5.88 Å². The molecule has 1 aromatic heterocycles. The Hall–Kier alpha value is -2.08. The first-order chi connectivity index (χ1) is 10.2. The number of nitriles is 1. The zero-order valence-corrected chi connectivity index (χ0v) is 12.8. The molecule has 0 N–H and O–H groups in total. The van der Waals surface area contributed by atoms with Crippen molar-refractivity contribution in [3.63, 3.8) is 0 Å². The van der Waals surface area contributed by atoms with E-state index in [0.717, 1.165) is 17.3 Å². The molecule has 3 nitrogen and oxygen atoms in total. The molecule has 0 aliphatic carbocycles. The molecule has 3 heteroatoms. The number of ether oxygens (including phenoxy) is 1. The lowest BCUT2D eigenvalue weighted by atomic mass is 10.1. The van der Waals surface area contributed by atoms with E-state index in [9.17, 15) is 5.26 Å². The highest BCUT2D eigenvalue weighted by molar-refractivity contribution is 5.85. The van der Waals surface area contributed by atoms with Gasteiger partial charge < -0.3 is 4.74 Å². The number of hydrogen-bond donors (Lipinski definition) is 0. The number of rotatable bonds is 7. The van der Waals surface area contributed by atoms with Crippen LogP contribution >= 0.6 is 0 Å². The Labute approximate surface area is 126 Å². The van der Waals surface area contributed by atoms with Crippen molar-refractivity contribution >= 4 is 10.9 Å². The molecule has 1 aromatic carbocycles. The van der Waals surface area contributed by atoms with E-state index >= 15 is 0 Å². The van der Waals surface area contributed by atoms with E-state index in [4.69, 9.17) is 4.74 Å². The molecule has 1 atom stereocenters. The lowest BCUT2D eigenvalue weighted by molar-refractivity contribution is 0.199. The predicted molar refractivity (Wildman–Crippen MR) is 85.3 cm³/mol. The molecule has 0 spiro atoms. The Balaban J connectivity index is 2.07. The van der Waals surface area contributed by atoms with Crippen molar-refractivity contribution in [2.45, 2.75) is 52.1 Å². The fourth-order valence-electron chi connectivity index (χ4n) is 2.43. The fourth-order valence-corrected chi connectivity index (χ4v) is 2.43. The van der Waals surface area contributed by atoms with Crippen molar-refractivity contribution in [3.05, 3.63) is 35.9 Å². The lowest BCUT2D eigenvalue weighted by Crippen LogP contribution is -2.12. The maximum atomic E-state index is 9.26. The van der Waals surface area contributed by atoms with Gasteiger partial charge in [0.1, 0.15) is 6.07 Å². The van der Waals surface area contributed by atoms with Gasteiger partial charge >= 0.3 is 0 Å². The number of benzene rings is 1. The van der Waals surface area contributed by atoms with E-state index in [1.54, 1.807) is 6.07 Å². The Bertz CT molecular complexity index is 631. The molecule has 0 aliphatic heterocycles. The number of unbranched alkanes of at least 4 members (excludes halogenated alkanes) is 3. The van der Waals surface area contributed by atoms with E-state index in [-0.39, 0.29) is 6.10 Å². The summed E-state index contributed by atoms with van der Waals surface area (Å²) in [7, 11) is 0. The quantitative estimate of drug-likeness (QED) is 0.682. The van der Waals surface area contributed by atoms with Gasteiger partial charge in [-0.2, -0.15) is 5.26 Å². The van der Waals surface area contributed by atoms with E-state index in [1.807, 2.05) is 24.3 Å². The smallest absolute Gasteiger partial charge is 0.215 e. The van der Waals surface area contributed by atoms with Crippen LogP contribution in [0.15, 0.2) is 30.3 Å². The monoisotopic (exact) mass is 282 g/mol. The van der Waals surface area contributed by atoms with Crippen molar-refractivity contribution in [3.8, 4) is 11.9 Å². The standard InChI is InChI=1S/C18H22N2O/c1-3-4-5-6-9-14(2)21-18-12-15(13-19)16-10-7-8-11-17(16)20-18/h7-8,10-12,14H,3-6,9H2,1-2H3. The first-order valence-corrected chi connectivity index (χ1v) is 7.71. The minimum atomic E-state index is 0.127. The summed E-state index contributed by atoms with van der Waals surface area (Å²) < 4.78 is 5.88. The van der Waals surface area contributed by atoms with Crippen LogP contribution < -0.4 is 4.74 Å². The molecule has 0 saturated carbocycles. The largest absolute Gasteiger partial charge is 0.475 e. The highest BCUT2D eigenvalue weighted by Gasteiger charge is 2.09. The molecule has 0 saturated heterocycles. The summed E-state index contributed by atoms with van der Waals surface area (Å²) in [4.78, 5) is 4.49. The lowest BCUT2D eigenvalue weighted by Gasteiger charge is -2.14. The maximum absolute atomic E-state index is 9.26. The summed E-state index contributed by atoms with van der Waals surface area (Å²) >= 11 is 0. The summed E-state index contributed by atoms with van der Waals surface area (Å²) in [6.45, 7) is 4.28. The van der Waals surface area contributed by atoms with Gasteiger partial charge in [-0.05, 0) is 25.8 Å². The maximum Gasteiger partial charge on any atom is 0.215 e. The third-order valence-electron chi connectivity index (χ3n) is 3.60. The van der Waals surface area contributed by atoms with Gasteiger partial charge in [0, 0.05) is 11.5 Å². The first kappa shape index (κ1) is 15.3. The summed E-state index contributed by atoms with van der Waals surface area (Å²) in [5.41, 5.74) is 1.43. The van der Waals surface area contributed by atoms with Crippen LogP contribution in [0.3, 0.4) is 0 Å². The molecular formula is C18H22N2O. The molecule has 2 rings (SSSR count). The van der Waals surface area contributed by atoms with Crippen LogP contribution in [0.25, 0.3) is 10.9 Å². The Kier molecular flexibility index (Phi) is 5.57. The van der Waals surface area contributed by atoms with E-state index in [0.29, 0.717) is 11.4 Å². The Morgan fingerprint density at radius 3 is 2.81 bits per heavy atom. The number of hydrogen-bond acceptors (Lipinski definition) is 3. The Morgan fingerprint density at radius 2 is 2.05 bits per heavy atom. The van der Waals surface area contributed by atoms with Gasteiger partial charge in [0.05, 0.1) is 17.2 Å². The van der Waals surface area contributed by atoms with Crippen molar-refractivity contribution in [2.24, 2.45) is 0 Å². The van der Waals surface area contributed by atoms with Gasteiger partial charge in [0.25, 0.3) is 0 Å². The molecule has 21 heavy (non-hydrogen) atoms. The fraction of sp³-hybridized carbons (Fsp3) is 0.444. The van der Waals surface area contributed by atoms with Gasteiger partial charge in [-0.1, -0.05) is 44.4 Å². The number of para-hydroxylation sites is 1. The van der Waals surface area contributed by atoms with Crippen molar-refractivity contribution in [2.75, 3.05) is 0 Å². The van der Waals surface area contributed by atoms with Gasteiger partial charge in [0.15, 0.2) is 0 Å². The number of aromatic nitrogens is 1. The van der Waals surface area contributed by atoms with Gasteiger partial charge in [-0.3, -0.25) is 0 Å². The molecule has 1 unspecified atom stereocenters. The first-order valence-electron chi connectivity index (χ1n) is 7.71. The molecule has 2 aromatic rings. The molecule has 0 aliphatic rings. The number of fused-ring (bicyclic) bond motifs is 1. The van der Waals surface area contributed by atoms with Gasteiger partial charge in [-0.25, -0.2) is 4.98 Å². The Morgan fingerprint density at radius 1 is 1.24 bits per heavy atom. The minimum Gasteiger partial charge on any atom is -0.475 e. The SMILES string of the molecule is CCCCCCC(C)Oc1cc(C#N)c2ccccc2n1. The van der Waals surface area contributed by atoms with Gasteiger partial charge in [-0.15, -0.1) is 0 Å². The second-order valence-corrected chi connectivity index (χ2v) is 5.41. The van der Waals surface area contributed by atoms with Crippen LogP contribution in [0.1, 0.15) is 51.5 Å². The van der Waals surface area contributed by atoms with Crippen LogP contribution in [-0.2, 0) is 0 Å². The van der Waals surface area contributed by atoms with E-state index < -0.39 is 0 Å². The molecule has 1 heterocycles. The van der Waals surface area contributed by atoms with Crippen molar-refractivity contribution < 1.29 is 4.74 Å². The summed E-state index contributed by atoms with van der Waals surface area (Å²) in [5, 5.41) is 10.1. The van der Waals surface area contributed by atoms with E-state index in [2.05, 4.69) is 24.9 Å². The third kappa shape index (κ3) is 4.19. The highest BCUT2D eigenvalue weighted by Crippen LogP contribution is 2.22. The highest BCUT2D eigenvalue weighted by atomic mass is 16.5. The van der Waals surface area contributed by atoms with Crippen LogP contribution in [0.4, 0.5) is 0 Å². The van der Waals surface area contributed by atoms with Crippen LogP contribution in [0.2, 0.25) is 0 Å². The minimum absolute atomic E-state index is 0.127. The normalized spacial score (nSPS) is 12.0. The second-order valence-electron chi connectivity index (χ2n) is 5.41. The van der Waals surface area contributed by atoms with E-state index in [1.165, 1.54) is 25.7 Å². The summed E-state index contributed by atoms with van der Waals surface area (Å²) in [6.07, 6.45) is 6.09. The average molecular weight is 282 g/mol. The van der Waals surface area contributed by atoms with Crippen molar-refractivity contribution in [1.82, 2.24) is 4.98 Å². The predicted octanol–water partition coefficient (Wildman–Crippen LogP) is 4.84. The molecule has 0 amide bonds. The zero-order valence-electron chi connectivity index (χ0n) is 12.8. The van der Waals surface area contributed by atoms with Crippen LogP contribution in [-0.4, -0.2) is 11.1 Å². The molecular weight excluding hydrogens is 260 g/mol. The molecule has 0 radical (unpaired) electrons.